The normalized spacial score (nSPS) is 23.0. The van der Waals surface area contributed by atoms with Gasteiger partial charge in [-0.1, -0.05) is 12.1 Å². The smallest absolute Gasteiger partial charge is 0.306 e. The molecule has 0 radical (unpaired) electrons. The van der Waals surface area contributed by atoms with Crippen LogP contribution in [-0.2, 0) is 20.9 Å². The maximum Gasteiger partial charge on any atom is 0.306 e. The van der Waals surface area contributed by atoms with Gasteiger partial charge in [0.05, 0.1) is 13.5 Å². The van der Waals surface area contributed by atoms with E-state index in [1.165, 1.54) is 13.2 Å². The summed E-state index contributed by atoms with van der Waals surface area (Å²) >= 11 is 0. The maximum absolute atomic E-state index is 14.0. The molecule has 7 heteroatoms. The first-order valence-electron chi connectivity index (χ1n) is 9.42. The Morgan fingerprint density at radius 3 is 2.74 bits per heavy atom. The molecule has 5 nitrogen and oxygen atoms in total. The lowest BCUT2D eigenvalue weighted by Crippen LogP contribution is -2.45. The minimum absolute atomic E-state index is 0.00295. The van der Waals surface area contributed by atoms with Gasteiger partial charge in [0.25, 0.3) is 0 Å². The van der Waals surface area contributed by atoms with E-state index in [9.17, 15) is 18.4 Å². The lowest BCUT2D eigenvalue weighted by molar-refractivity contribution is -0.143. The van der Waals surface area contributed by atoms with E-state index in [0.29, 0.717) is 25.2 Å². The van der Waals surface area contributed by atoms with Crippen molar-refractivity contribution in [3.05, 3.63) is 35.4 Å². The molecule has 1 spiro atoms. The molecule has 148 valence electrons. The second-order valence-corrected chi connectivity index (χ2v) is 7.67. The second-order valence-electron chi connectivity index (χ2n) is 7.67. The van der Waals surface area contributed by atoms with E-state index in [0.717, 1.165) is 38.4 Å². The number of esters is 1. The topological polar surface area (TPSA) is 49.9 Å². The van der Waals surface area contributed by atoms with E-state index in [-0.39, 0.29) is 30.1 Å². The number of ether oxygens (including phenoxy) is 1. The Balaban J connectivity index is 1.58. The fourth-order valence-electron chi connectivity index (χ4n) is 4.31. The summed E-state index contributed by atoms with van der Waals surface area (Å²) in [4.78, 5) is 27.6. The highest BCUT2D eigenvalue weighted by molar-refractivity contribution is 5.81. The maximum atomic E-state index is 14.0. The molecule has 0 aromatic heterocycles. The SMILES string of the molecule is COC(=O)CCC(=O)N1CC[C@@]2(CCCN(Cc3cccc(F)c3F)C2)C1. The molecule has 2 aliphatic heterocycles. The molecule has 0 bridgehead atoms. The van der Waals surface area contributed by atoms with Gasteiger partial charge in [-0.3, -0.25) is 14.5 Å². The number of halogens is 2. The Kier molecular flexibility index (Phi) is 6.09. The van der Waals surface area contributed by atoms with Crippen LogP contribution in [0.4, 0.5) is 8.78 Å². The van der Waals surface area contributed by atoms with E-state index >= 15 is 0 Å². The monoisotopic (exact) mass is 380 g/mol. The molecule has 1 aromatic carbocycles. The fraction of sp³-hybridized carbons (Fsp3) is 0.600. The predicted molar refractivity (Wildman–Crippen MR) is 95.7 cm³/mol. The molecule has 1 amide bonds. The summed E-state index contributed by atoms with van der Waals surface area (Å²) in [6.07, 6.45) is 3.17. The first-order valence-corrected chi connectivity index (χ1v) is 9.42. The van der Waals surface area contributed by atoms with Gasteiger partial charge in [-0.15, -0.1) is 0 Å². The molecule has 0 N–H and O–H groups in total. The average Bonchev–Trinajstić information content (AvgIpc) is 3.06. The van der Waals surface area contributed by atoms with Gasteiger partial charge in [-0.05, 0) is 31.9 Å². The van der Waals surface area contributed by atoms with Gasteiger partial charge >= 0.3 is 5.97 Å². The molecule has 2 heterocycles. The average molecular weight is 380 g/mol. The highest BCUT2D eigenvalue weighted by atomic mass is 19.2. The molecule has 2 aliphatic rings. The largest absolute Gasteiger partial charge is 0.469 e. The van der Waals surface area contributed by atoms with E-state index in [1.807, 2.05) is 4.90 Å². The molecule has 3 rings (SSSR count). The number of hydrogen-bond donors (Lipinski definition) is 0. The van der Waals surface area contributed by atoms with Crippen molar-refractivity contribution in [2.45, 2.75) is 38.6 Å². The molecule has 0 saturated carbocycles. The molecule has 27 heavy (non-hydrogen) atoms. The number of methoxy groups -OCH3 is 1. The van der Waals surface area contributed by atoms with Crippen molar-refractivity contribution < 1.29 is 23.1 Å². The summed E-state index contributed by atoms with van der Waals surface area (Å²) in [7, 11) is 1.32. The van der Waals surface area contributed by atoms with Crippen molar-refractivity contribution in [3.8, 4) is 0 Å². The Bertz CT molecular complexity index is 712. The van der Waals surface area contributed by atoms with Crippen molar-refractivity contribution in [2.24, 2.45) is 5.41 Å². The summed E-state index contributed by atoms with van der Waals surface area (Å²) in [5.74, 6) is -1.99. The minimum atomic E-state index is -0.817. The second kappa shape index (κ2) is 8.33. The highest BCUT2D eigenvalue weighted by Gasteiger charge is 2.42. The van der Waals surface area contributed by atoms with Gasteiger partial charge < -0.3 is 9.64 Å². The fourth-order valence-corrected chi connectivity index (χ4v) is 4.31. The van der Waals surface area contributed by atoms with Gasteiger partial charge in [0.2, 0.25) is 5.91 Å². The molecule has 1 atom stereocenters. The zero-order valence-corrected chi connectivity index (χ0v) is 15.7. The first-order chi connectivity index (χ1) is 12.9. The van der Waals surface area contributed by atoms with Crippen LogP contribution in [0.25, 0.3) is 0 Å². The van der Waals surface area contributed by atoms with E-state index in [2.05, 4.69) is 9.64 Å². The Hall–Kier alpha value is -2.02. The Morgan fingerprint density at radius 2 is 1.96 bits per heavy atom. The summed E-state index contributed by atoms with van der Waals surface area (Å²) in [5.41, 5.74) is 0.374. The van der Waals surface area contributed by atoms with Gasteiger partial charge in [0.1, 0.15) is 0 Å². The van der Waals surface area contributed by atoms with Crippen molar-refractivity contribution in [1.82, 2.24) is 9.80 Å². The summed E-state index contributed by atoms with van der Waals surface area (Å²) in [5, 5.41) is 0. The third-order valence-corrected chi connectivity index (χ3v) is 5.73. The lowest BCUT2D eigenvalue weighted by atomic mass is 9.79. The van der Waals surface area contributed by atoms with Gasteiger partial charge in [0.15, 0.2) is 11.6 Å². The van der Waals surface area contributed by atoms with Gasteiger partial charge in [-0.2, -0.15) is 0 Å². The number of amides is 1. The van der Waals surface area contributed by atoms with Crippen molar-refractivity contribution in [3.63, 3.8) is 0 Å². The van der Waals surface area contributed by atoms with Crippen LogP contribution < -0.4 is 0 Å². The zero-order chi connectivity index (χ0) is 19.4. The zero-order valence-electron chi connectivity index (χ0n) is 15.7. The molecular weight excluding hydrogens is 354 g/mol. The van der Waals surface area contributed by atoms with Crippen LogP contribution in [0.2, 0.25) is 0 Å². The molecular formula is C20H26F2N2O3. The van der Waals surface area contributed by atoms with Crippen molar-refractivity contribution in [2.75, 3.05) is 33.3 Å². The van der Waals surface area contributed by atoms with Crippen molar-refractivity contribution in [1.29, 1.82) is 0 Å². The van der Waals surface area contributed by atoms with Crippen molar-refractivity contribution >= 4 is 11.9 Å². The molecule has 0 unspecified atom stereocenters. The summed E-state index contributed by atoms with van der Waals surface area (Å²) in [6, 6.07) is 4.28. The number of carbonyl (C=O) groups is 2. The number of hydrogen-bond acceptors (Lipinski definition) is 4. The van der Waals surface area contributed by atoms with E-state index in [1.54, 1.807) is 6.07 Å². The first kappa shape index (κ1) is 19.7. The standard InChI is InChI=1S/C20H26F2N2O3/c1-27-18(26)7-6-17(25)24-11-9-20(14-24)8-3-10-23(13-20)12-15-4-2-5-16(21)19(15)22/h2,4-5H,3,6-14H2,1H3/t20-/m1/s1. The number of benzene rings is 1. The predicted octanol–water partition coefficient (Wildman–Crippen LogP) is 2.73. The molecule has 2 fully saturated rings. The van der Waals surface area contributed by atoms with Gasteiger partial charge in [0, 0.05) is 43.6 Å². The van der Waals surface area contributed by atoms with Crippen LogP contribution in [0, 0.1) is 17.0 Å². The van der Waals surface area contributed by atoms with Gasteiger partial charge in [-0.25, -0.2) is 8.78 Å². The lowest BCUT2D eigenvalue weighted by Gasteiger charge is -2.40. The van der Waals surface area contributed by atoms with E-state index in [4.69, 9.17) is 0 Å². The quantitative estimate of drug-likeness (QED) is 0.737. The third-order valence-electron chi connectivity index (χ3n) is 5.73. The summed E-state index contributed by atoms with van der Waals surface area (Å²) in [6.45, 7) is 3.33. The van der Waals surface area contributed by atoms with Crippen LogP contribution in [0.3, 0.4) is 0 Å². The van der Waals surface area contributed by atoms with E-state index < -0.39 is 11.6 Å². The molecule has 0 aliphatic carbocycles. The Morgan fingerprint density at radius 1 is 1.15 bits per heavy atom. The third kappa shape index (κ3) is 4.64. The number of nitrogens with zero attached hydrogens (tertiary/aromatic N) is 2. The van der Waals surface area contributed by atoms with Crippen LogP contribution in [0.15, 0.2) is 18.2 Å². The number of rotatable bonds is 5. The molecule has 1 aromatic rings. The Labute approximate surface area is 158 Å². The number of carbonyl (C=O) groups excluding carboxylic acids is 2. The van der Waals surface area contributed by atoms with Crippen LogP contribution >= 0.6 is 0 Å². The van der Waals surface area contributed by atoms with Crippen LogP contribution in [0.5, 0.6) is 0 Å². The minimum Gasteiger partial charge on any atom is -0.469 e. The van der Waals surface area contributed by atoms with Crippen LogP contribution in [-0.4, -0.2) is 55.0 Å². The highest BCUT2D eigenvalue weighted by Crippen LogP contribution is 2.39. The summed E-state index contributed by atoms with van der Waals surface area (Å²) < 4.78 is 32.0. The number of piperidine rings is 1. The molecule has 2 saturated heterocycles. The van der Waals surface area contributed by atoms with Crippen LogP contribution in [0.1, 0.15) is 37.7 Å². The number of likely N-dealkylation sites (tertiary alicyclic amines) is 2.